The molecule has 0 saturated heterocycles. The smallest absolute Gasteiger partial charge is 0.387 e. The Balaban J connectivity index is 4.14. The maximum absolute atomic E-state index is 13.0. The molecule has 9 heteroatoms. The second-order valence-corrected chi connectivity index (χ2v) is 23.9. The molecule has 1 amide bonds. The highest BCUT2D eigenvalue weighted by Gasteiger charge is 2.27. The molecule has 3 unspecified atom stereocenters. The zero-order chi connectivity index (χ0) is 52.7. The second-order valence-electron chi connectivity index (χ2n) is 22.4. The molecule has 0 saturated carbocycles. The van der Waals surface area contributed by atoms with Gasteiger partial charge in [0, 0.05) is 6.42 Å². The number of quaternary nitrogens is 1. The third-order valence-corrected chi connectivity index (χ3v) is 15.0. The number of rotatable bonds is 57. The van der Waals surface area contributed by atoms with Crippen molar-refractivity contribution in [3.63, 3.8) is 0 Å². The molecule has 0 radical (unpaired) electrons. The molecule has 8 nitrogen and oxygen atoms in total. The fraction of sp³-hybridized carbons (Fsp3) is 0.857. The summed E-state index contributed by atoms with van der Waals surface area (Å²) in [7, 11) is 1.58. The first kappa shape index (κ1) is 70.5. The van der Waals surface area contributed by atoms with Crippen LogP contribution in [0.15, 0.2) is 48.6 Å². The summed E-state index contributed by atoms with van der Waals surface area (Å²) >= 11 is 0. The molecule has 0 fully saturated rings. The number of carbonyl (C=O) groups excluding carboxylic acids is 1. The first-order chi connectivity index (χ1) is 35.0. The second kappa shape index (κ2) is 54.3. The summed E-state index contributed by atoms with van der Waals surface area (Å²) < 4.78 is 23.8. The molecule has 0 aromatic carbocycles. The van der Waals surface area contributed by atoms with E-state index in [-0.39, 0.29) is 19.1 Å². The summed E-state index contributed by atoms with van der Waals surface area (Å²) in [6.45, 7) is 4.84. The van der Waals surface area contributed by atoms with Gasteiger partial charge in [-0.15, -0.1) is 0 Å². The molecule has 0 bridgehead atoms. The van der Waals surface area contributed by atoms with E-state index in [1.54, 1.807) is 6.08 Å². The molecule has 0 rings (SSSR count). The first-order valence-electron chi connectivity index (χ1n) is 31.0. The normalized spacial score (nSPS) is 14.2. The molecule has 424 valence electrons. The van der Waals surface area contributed by atoms with E-state index in [9.17, 15) is 19.4 Å². The van der Waals surface area contributed by atoms with E-state index < -0.39 is 20.0 Å². The van der Waals surface area contributed by atoms with Gasteiger partial charge in [0.1, 0.15) is 13.2 Å². The number of nitrogens with one attached hydrogen (secondary N) is 1. The minimum absolute atomic E-state index is 0.0616. The van der Waals surface area contributed by atoms with Gasteiger partial charge in [-0.3, -0.25) is 13.8 Å². The number of phosphoric ester groups is 1. The average molecular weight is 1030 g/mol. The van der Waals surface area contributed by atoms with Crippen molar-refractivity contribution in [1.82, 2.24) is 5.32 Å². The van der Waals surface area contributed by atoms with Crippen LogP contribution in [0.25, 0.3) is 0 Å². The van der Waals surface area contributed by atoms with Gasteiger partial charge < -0.3 is 19.8 Å². The Morgan fingerprint density at radius 3 is 1.15 bits per heavy atom. The number of phosphoric acid groups is 1. The summed E-state index contributed by atoms with van der Waals surface area (Å²) in [5, 5.41) is 14.0. The zero-order valence-electron chi connectivity index (χ0n) is 48.4. The van der Waals surface area contributed by atoms with E-state index in [1.165, 1.54) is 225 Å². The van der Waals surface area contributed by atoms with Gasteiger partial charge in [0.2, 0.25) is 5.91 Å². The van der Waals surface area contributed by atoms with E-state index in [4.69, 9.17) is 9.05 Å². The number of aliphatic hydroxyl groups is 1. The van der Waals surface area contributed by atoms with Crippen molar-refractivity contribution in [2.75, 3.05) is 40.9 Å². The van der Waals surface area contributed by atoms with Gasteiger partial charge in [-0.2, -0.15) is 0 Å². The molecule has 0 aromatic rings. The van der Waals surface area contributed by atoms with Crippen LogP contribution in [-0.2, 0) is 18.4 Å². The highest BCUT2D eigenvalue weighted by molar-refractivity contribution is 7.47. The average Bonchev–Trinajstić information content (AvgIpc) is 3.34. The van der Waals surface area contributed by atoms with Crippen LogP contribution in [0.5, 0.6) is 0 Å². The van der Waals surface area contributed by atoms with Gasteiger partial charge in [0.15, 0.2) is 0 Å². The first-order valence-corrected chi connectivity index (χ1v) is 32.5. The maximum atomic E-state index is 13.0. The molecular weight excluding hydrogens is 912 g/mol. The lowest BCUT2D eigenvalue weighted by Crippen LogP contribution is -2.45. The number of allylic oxidation sites excluding steroid dienone is 7. The number of hydrogen-bond donors (Lipinski definition) is 3. The molecule has 3 N–H and O–H groups in total. The number of aliphatic hydroxyl groups excluding tert-OH is 1. The minimum atomic E-state index is -4.35. The lowest BCUT2D eigenvalue weighted by molar-refractivity contribution is -0.870. The molecule has 3 atom stereocenters. The molecular formula is C63H122N2O6P+. The van der Waals surface area contributed by atoms with Crippen molar-refractivity contribution >= 4 is 13.7 Å². The van der Waals surface area contributed by atoms with Crippen molar-refractivity contribution in [3.05, 3.63) is 48.6 Å². The number of amides is 1. The van der Waals surface area contributed by atoms with Crippen molar-refractivity contribution < 1.29 is 32.9 Å². The van der Waals surface area contributed by atoms with Crippen LogP contribution >= 0.6 is 7.82 Å². The van der Waals surface area contributed by atoms with Crippen molar-refractivity contribution in [2.45, 2.75) is 309 Å². The van der Waals surface area contributed by atoms with Crippen LogP contribution in [0.4, 0.5) is 0 Å². The number of unbranched alkanes of at least 4 members (excludes halogenated alkanes) is 38. The molecule has 0 aromatic heterocycles. The van der Waals surface area contributed by atoms with Crippen LogP contribution in [0.3, 0.4) is 0 Å². The topological polar surface area (TPSA) is 105 Å². The van der Waals surface area contributed by atoms with Crippen LogP contribution in [0, 0.1) is 0 Å². The Morgan fingerprint density at radius 1 is 0.472 bits per heavy atom. The van der Waals surface area contributed by atoms with Crippen LogP contribution < -0.4 is 5.32 Å². The van der Waals surface area contributed by atoms with Gasteiger partial charge in [0.05, 0.1) is 39.9 Å². The quantitative estimate of drug-likeness (QED) is 0.0243. The Kier molecular flexibility index (Phi) is 53.1. The lowest BCUT2D eigenvalue weighted by atomic mass is 10.0. The van der Waals surface area contributed by atoms with E-state index in [0.29, 0.717) is 17.4 Å². The monoisotopic (exact) mass is 1030 g/mol. The SMILES string of the molecule is CCCCCCC/C=C\C/C=C\C/C=C\CCCCCCCCCCCCCCCCC(=O)NC(COP(=O)(O)OCC[N+](C)(C)C)C(O)/C=C/CCCCCCCCCCCCCCCCCCCCC. The predicted molar refractivity (Wildman–Crippen MR) is 314 cm³/mol. The highest BCUT2D eigenvalue weighted by atomic mass is 31.2. The third-order valence-electron chi connectivity index (χ3n) is 14.0. The van der Waals surface area contributed by atoms with E-state index >= 15 is 0 Å². The molecule has 0 aliphatic heterocycles. The molecule has 0 aliphatic carbocycles. The minimum Gasteiger partial charge on any atom is -0.387 e. The van der Waals surface area contributed by atoms with E-state index in [1.807, 2.05) is 27.2 Å². The van der Waals surface area contributed by atoms with Crippen molar-refractivity contribution in [3.8, 4) is 0 Å². The predicted octanol–water partition coefficient (Wildman–Crippen LogP) is 19.1. The van der Waals surface area contributed by atoms with Gasteiger partial charge in [-0.25, -0.2) is 4.57 Å². The number of hydrogen-bond acceptors (Lipinski definition) is 5. The van der Waals surface area contributed by atoms with Crippen LogP contribution in [-0.4, -0.2) is 73.4 Å². The fourth-order valence-electron chi connectivity index (χ4n) is 9.17. The summed E-state index contributed by atoms with van der Waals surface area (Å²) in [5.74, 6) is -0.175. The number of nitrogens with zero attached hydrogens (tertiary/aromatic N) is 1. The lowest BCUT2D eigenvalue weighted by Gasteiger charge is -2.25. The fourth-order valence-corrected chi connectivity index (χ4v) is 9.91. The summed E-state index contributed by atoms with van der Waals surface area (Å²) in [6.07, 6.45) is 72.2. The summed E-state index contributed by atoms with van der Waals surface area (Å²) in [6, 6.07) is -0.848. The Labute approximate surface area is 448 Å². The van der Waals surface area contributed by atoms with E-state index in [2.05, 4.69) is 55.6 Å². The van der Waals surface area contributed by atoms with Gasteiger partial charge in [0.25, 0.3) is 0 Å². The van der Waals surface area contributed by atoms with Gasteiger partial charge in [-0.05, 0) is 57.8 Å². The molecule has 0 aliphatic rings. The van der Waals surface area contributed by atoms with Crippen molar-refractivity contribution in [2.24, 2.45) is 0 Å². The number of likely N-dealkylation sites (N-methyl/N-ethyl adjacent to an activating group) is 1. The van der Waals surface area contributed by atoms with Crippen LogP contribution in [0.2, 0.25) is 0 Å². The third kappa shape index (κ3) is 56.2. The molecule has 72 heavy (non-hydrogen) atoms. The standard InChI is InChI=1S/C63H121N2O6P/c1-6-8-10-12-14-16-18-20-22-24-26-28-29-30-31-32-33-34-35-37-39-41-43-45-47-49-51-53-55-57-63(67)64-61(60-71-72(68,69)70-59-58-65(3,4)5)62(66)56-54-52-50-48-46-44-42-40-38-36-27-25-23-21-19-17-15-13-11-9-7-2/h18,20,24,26,29-30,54,56,61-62,66H,6-17,19,21-23,25,27-28,31-53,55,57-60H2,1-5H3,(H-,64,67,68,69)/p+1/b20-18-,26-24-,30-29-,56-54+. The Morgan fingerprint density at radius 2 is 0.792 bits per heavy atom. The Hall–Kier alpha value is -1.54. The van der Waals surface area contributed by atoms with Gasteiger partial charge >= 0.3 is 7.82 Å². The van der Waals surface area contributed by atoms with Gasteiger partial charge in [-0.1, -0.05) is 281 Å². The summed E-state index contributed by atoms with van der Waals surface area (Å²) in [4.78, 5) is 23.3. The largest absolute Gasteiger partial charge is 0.472 e. The Bertz CT molecular complexity index is 1310. The highest BCUT2D eigenvalue weighted by Crippen LogP contribution is 2.43. The molecule has 0 spiro atoms. The number of carbonyl (C=O) groups is 1. The maximum Gasteiger partial charge on any atom is 0.472 e. The molecule has 0 heterocycles. The van der Waals surface area contributed by atoms with Crippen LogP contribution in [0.1, 0.15) is 296 Å². The van der Waals surface area contributed by atoms with Crippen molar-refractivity contribution in [1.29, 1.82) is 0 Å². The zero-order valence-corrected chi connectivity index (χ0v) is 49.3. The summed E-state index contributed by atoms with van der Waals surface area (Å²) in [5.41, 5.74) is 0. The van der Waals surface area contributed by atoms with E-state index in [0.717, 1.165) is 51.4 Å².